The van der Waals surface area contributed by atoms with Gasteiger partial charge >= 0.3 is 5.82 Å². The smallest absolute Gasteiger partial charge is 0.358 e. The minimum absolute atomic E-state index is 0.0495. The lowest BCUT2D eigenvalue weighted by Crippen LogP contribution is -2.29. The highest BCUT2D eigenvalue weighted by atomic mass is 16.6. The SMILES string of the molecule is O=C(Cn1ccc([N+](=O)[O-])n1)NCCc1ccc(-n2cccn2)cc1. The van der Waals surface area contributed by atoms with Gasteiger partial charge in [-0.2, -0.15) is 9.78 Å². The molecule has 0 radical (unpaired) electrons. The van der Waals surface area contributed by atoms with Crippen LogP contribution in [0.1, 0.15) is 5.56 Å². The highest BCUT2D eigenvalue weighted by Crippen LogP contribution is 2.09. The van der Waals surface area contributed by atoms with Gasteiger partial charge in [0.1, 0.15) is 6.54 Å². The Kier molecular flexibility index (Phi) is 4.84. The third kappa shape index (κ3) is 4.28. The number of hydrogen-bond acceptors (Lipinski definition) is 5. The van der Waals surface area contributed by atoms with E-state index in [4.69, 9.17) is 0 Å². The molecule has 0 spiro atoms. The second-order valence-corrected chi connectivity index (χ2v) is 5.35. The minimum atomic E-state index is -0.596. The van der Waals surface area contributed by atoms with Gasteiger partial charge in [-0.1, -0.05) is 12.1 Å². The molecule has 0 bridgehead atoms. The zero-order valence-electron chi connectivity index (χ0n) is 13.3. The summed E-state index contributed by atoms with van der Waals surface area (Å²) in [6.45, 7) is 0.426. The number of nitro groups is 1. The van der Waals surface area contributed by atoms with Crippen LogP contribution >= 0.6 is 0 Å². The first-order valence-electron chi connectivity index (χ1n) is 7.65. The van der Waals surface area contributed by atoms with Gasteiger partial charge < -0.3 is 15.4 Å². The van der Waals surface area contributed by atoms with Crippen molar-refractivity contribution in [3.63, 3.8) is 0 Å². The first-order chi connectivity index (χ1) is 12.1. The molecular weight excluding hydrogens is 324 g/mol. The number of rotatable bonds is 7. The molecule has 0 aliphatic rings. The Balaban J connectivity index is 1.45. The summed E-state index contributed by atoms with van der Waals surface area (Å²) in [7, 11) is 0. The molecule has 1 N–H and O–H groups in total. The summed E-state index contributed by atoms with van der Waals surface area (Å²) in [5, 5.41) is 21.2. The van der Waals surface area contributed by atoms with E-state index in [-0.39, 0.29) is 18.3 Å². The van der Waals surface area contributed by atoms with Crippen molar-refractivity contribution in [2.24, 2.45) is 0 Å². The van der Waals surface area contributed by atoms with Gasteiger partial charge in [-0.3, -0.25) is 4.79 Å². The Morgan fingerprint density at radius 1 is 1.20 bits per heavy atom. The molecule has 128 valence electrons. The van der Waals surface area contributed by atoms with E-state index >= 15 is 0 Å². The fraction of sp³-hybridized carbons (Fsp3) is 0.188. The van der Waals surface area contributed by atoms with Crippen molar-refractivity contribution >= 4 is 11.7 Å². The van der Waals surface area contributed by atoms with Crippen molar-refractivity contribution in [3.8, 4) is 5.69 Å². The minimum Gasteiger partial charge on any atom is -0.358 e. The fourth-order valence-electron chi connectivity index (χ4n) is 2.32. The van der Waals surface area contributed by atoms with Crippen LogP contribution in [-0.4, -0.2) is 36.9 Å². The summed E-state index contributed by atoms with van der Waals surface area (Å²) in [6.07, 6.45) is 5.68. The molecular formula is C16H16N6O3. The number of amides is 1. The van der Waals surface area contributed by atoms with Gasteiger partial charge in [0.15, 0.2) is 0 Å². The first kappa shape index (κ1) is 16.4. The molecule has 3 aromatic rings. The molecule has 0 unspecified atom stereocenters. The molecule has 0 saturated heterocycles. The second-order valence-electron chi connectivity index (χ2n) is 5.35. The lowest BCUT2D eigenvalue weighted by atomic mass is 10.1. The number of hydrogen-bond donors (Lipinski definition) is 1. The van der Waals surface area contributed by atoms with E-state index in [0.717, 1.165) is 11.3 Å². The van der Waals surface area contributed by atoms with Gasteiger partial charge in [-0.25, -0.2) is 4.68 Å². The number of aromatic nitrogens is 4. The van der Waals surface area contributed by atoms with Crippen LogP contribution in [0, 0.1) is 10.1 Å². The van der Waals surface area contributed by atoms with Crippen LogP contribution in [0.25, 0.3) is 5.69 Å². The molecule has 0 aliphatic heterocycles. The summed E-state index contributed by atoms with van der Waals surface area (Å²) < 4.78 is 3.02. The van der Waals surface area contributed by atoms with Crippen LogP contribution in [0.3, 0.4) is 0 Å². The third-order valence-corrected chi connectivity index (χ3v) is 3.56. The van der Waals surface area contributed by atoms with Crippen LogP contribution in [0.5, 0.6) is 0 Å². The van der Waals surface area contributed by atoms with Gasteiger partial charge in [0, 0.05) is 18.9 Å². The van der Waals surface area contributed by atoms with Gasteiger partial charge in [-0.15, -0.1) is 0 Å². The molecule has 0 atom stereocenters. The second kappa shape index (κ2) is 7.39. The third-order valence-electron chi connectivity index (χ3n) is 3.56. The average molecular weight is 340 g/mol. The molecule has 1 aromatic carbocycles. The molecule has 9 heteroatoms. The van der Waals surface area contributed by atoms with E-state index in [1.807, 2.05) is 36.5 Å². The van der Waals surface area contributed by atoms with Gasteiger partial charge in [-0.05, 0) is 35.1 Å². The fourth-order valence-corrected chi connectivity index (χ4v) is 2.32. The zero-order valence-corrected chi connectivity index (χ0v) is 13.3. The van der Waals surface area contributed by atoms with Gasteiger partial charge in [0.25, 0.3) is 0 Å². The van der Waals surface area contributed by atoms with E-state index in [1.165, 1.54) is 16.9 Å². The van der Waals surface area contributed by atoms with Gasteiger partial charge in [0.05, 0.1) is 23.0 Å². The Bertz CT molecular complexity index is 854. The number of benzene rings is 1. The maximum absolute atomic E-state index is 11.8. The Labute approximate surface area is 143 Å². The van der Waals surface area contributed by atoms with Crippen LogP contribution in [0.2, 0.25) is 0 Å². The molecule has 2 heterocycles. The van der Waals surface area contributed by atoms with Crippen LogP contribution < -0.4 is 5.32 Å². The Morgan fingerprint density at radius 2 is 2.00 bits per heavy atom. The number of carbonyl (C=O) groups excluding carboxylic acids is 1. The van der Waals surface area contributed by atoms with Gasteiger partial charge in [0.2, 0.25) is 5.91 Å². The summed E-state index contributed by atoms with van der Waals surface area (Å²) in [5.41, 5.74) is 2.06. The Hall–Kier alpha value is -3.49. The largest absolute Gasteiger partial charge is 0.389 e. The first-order valence-corrected chi connectivity index (χ1v) is 7.65. The molecule has 0 aliphatic carbocycles. The standard InChI is InChI=1S/C16H16N6O3/c23-16(12-20-11-7-15(19-20)22(24)25)17-9-6-13-2-4-14(5-3-13)21-10-1-8-18-21/h1-5,7-8,10-11H,6,9,12H2,(H,17,23). The number of nitrogens with zero attached hydrogens (tertiary/aromatic N) is 5. The van der Waals surface area contributed by atoms with E-state index in [1.54, 1.807) is 10.9 Å². The molecule has 0 saturated carbocycles. The maximum atomic E-state index is 11.8. The van der Waals surface area contributed by atoms with Crippen molar-refractivity contribution in [2.45, 2.75) is 13.0 Å². The van der Waals surface area contributed by atoms with Crippen LogP contribution in [-0.2, 0) is 17.8 Å². The quantitative estimate of drug-likeness (QED) is 0.516. The Morgan fingerprint density at radius 3 is 2.64 bits per heavy atom. The maximum Gasteiger partial charge on any atom is 0.389 e. The van der Waals surface area contributed by atoms with E-state index in [9.17, 15) is 14.9 Å². The molecule has 2 aromatic heterocycles. The van der Waals surface area contributed by atoms with Crippen molar-refractivity contribution < 1.29 is 9.72 Å². The normalized spacial score (nSPS) is 10.6. The van der Waals surface area contributed by atoms with E-state index in [0.29, 0.717) is 13.0 Å². The van der Waals surface area contributed by atoms with Crippen molar-refractivity contribution in [1.82, 2.24) is 24.9 Å². The summed E-state index contributed by atoms with van der Waals surface area (Å²) in [5.74, 6) is -0.517. The molecule has 3 rings (SSSR count). The van der Waals surface area contributed by atoms with Crippen molar-refractivity contribution in [3.05, 3.63) is 70.7 Å². The molecule has 25 heavy (non-hydrogen) atoms. The highest BCUT2D eigenvalue weighted by molar-refractivity contribution is 5.75. The van der Waals surface area contributed by atoms with E-state index < -0.39 is 4.92 Å². The predicted molar refractivity (Wildman–Crippen MR) is 89.2 cm³/mol. The van der Waals surface area contributed by atoms with E-state index in [2.05, 4.69) is 15.5 Å². The van der Waals surface area contributed by atoms with Crippen LogP contribution in [0.4, 0.5) is 5.82 Å². The topological polar surface area (TPSA) is 108 Å². The summed E-state index contributed by atoms with van der Waals surface area (Å²) >= 11 is 0. The molecule has 0 fully saturated rings. The highest BCUT2D eigenvalue weighted by Gasteiger charge is 2.13. The predicted octanol–water partition coefficient (Wildman–Crippen LogP) is 1.34. The van der Waals surface area contributed by atoms with Crippen LogP contribution in [0.15, 0.2) is 55.0 Å². The monoisotopic (exact) mass is 340 g/mol. The summed E-state index contributed by atoms with van der Waals surface area (Å²) in [6, 6.07) is 11.0. The number of carbonyl (C=O) groups is 1. The average Bonchev–Trinajstić information content (AvgIpc) is 3.27. The molecule has 1 amide bonds. The summed E-state index contributed by atoms with van der Waals surface area (Å²) in [4.78, 5) is 21.8. The lowest BCUT2D eigenvalue weighted by molar-refractivity contribution is -0.389. The zero-order chi connectivity index (χ0) is 17.6. The lowest BCUT2D eigenvalue weighted by Gasteiger charge is -2.06. The molecule has 9 nitrogen and oxygen atoms in total. The van der Waals surface area contributed by atoms with Crippen molar-refractivity contribution in [2.75, 3.05) is 6.54 Å². The van der Waals surface area contributed by atoms with Crippen molar-refractivity contribution in [1.29, 1.82) is 0 Å². The number of nitrogens with one attached hydrogen (secondary N) is 1.